The Kier molecular flexibility index (Phi) is 4.17. The lowest BCUT2D eigenvalue weighted by Crippen LogP contribution is -2.29. The molecular weight excluding hydrogens is 330 g/mol. The van der Waals surface area contributed by atoms with E-state index in [9.17, 15) is 5.11 Å². The van der Waals surface area contributed by atoms with Crippen molar-refractivity contribution in [1.82, 2.24) is 5.32 Å². The molecule has 0 bridgehead atoms. The Labute approximate surface area is 133 Å². The second kappa shape index (κ2) is 6.08. The molecule has 2 unspecified atom stereocenters. The third-order valence-electron chi connectivity index (χ3n) is 3.76. The molecule has 1 heterocycles. The molecular formula is C17H18BrNO2. The summed E-state index contributed by atoms with van der Waals surface area (Å²) in [5.41, 5.74) is 2.19. The molecule has 0 saturated heterocycles. The maximum atomic E-state index is 9.67. The van der Waals surface area contributed by atoms with Crippen molar-refractivity contribution in [2.45, 2.75) is 25.5 Å². The third-order valence-corrected chi connectivity index (χ3v) is 4.26. The van der Waals surface area contributed by atoms with Crippen LogP contribution in [0.4, 0.5) is 0 Å². The van der Waals surface area contributed by atoms with Crippen molar-refractivity contribution in [3.63, 3.8) is 0 Å². The van der Waals surface area contributed by atoms with Gasteiger partial charge in [0.2, 0.25) is 0 Å². The lowest BCUT2D eigenvalue weighted by Gasteiger charge is -2.33. The summed E-state index contributed by atoms with van der Waals surface area (Å²) in [6.07, 6.45) is 0.800. The van der Waals surface area contributed by atoms with Crippen LogP contribution in [0.15, 0.2) is 46.9 Å². The van der Waals surface area contributed by atoms with Crippen LogP contribution in [-0.2, 0) is 0 Å². The van der Waals surface area contributed by atoms with Gasteiger partial charge in [-0.25, -0.2) is 0 Å². The van der Waals surface area contributed by atoms with Crippen molar-refractivity contribution >= 4 is 15.9 Å². The van der Waals surface area contributed by atoms with Crippen molar-refractivity contribution in [1.29, 1.82) is 0 Å². The Morgan fingerprint density at radius 1 is 1.29 bits per heavy atom. The molecule has 0 fully saturated rings. The molecule has 2 aromatic carbocycles. The monoisotopic (exact) mass is 347 g/mol. The number of hydrogen-bond donors (Lipinski definition) is 2. The highest BCUT2D eigenvalue weighted by Crippen LogP contribution is 2.42. The Hall–Kier alpha value is -1.52. The SMILES string of the molecule is CCNC1CC(c2cccc(O)c2)Oc2cc(Br)ccc21. The van der Waals surface area contributed by atoms with E-state index >= 15 is 0 Å². The average Bonchev–Trinajstić information content (AvgIpc) is 2.47. The zero-order valence-corrected chi connectivity index (χ0v) is 13.4. The summed E-state index contributed by atoms with van der Waals surface area (Å²) >= 11 is 3.50. The smallest absolute Gasteiger partial charge is 0.126 e. The lowest BCUT2D eigenvalue weighted by molar-refractivity contribution is 0.151. The van der Waals surface area contributed by atoms with Crippen molar-refractivity contribution in [2.75, 3.05) is 6.54 Å². The van der Waals surface area contributed by atoms with Gasteiger partial charge in [-0.2, -0.15) is 0 Å². The Bertz CT molecular complexity index is 644. The maximum absolute atomic E-state index is 9.67. The number of ether oxygens (including phenoxy) is 1. The van der Waals surface area contributed by atoms with Gasteiger partial charge in [-0.3, -0.25) is 0 Å². The lowest BCUT2D eigenvalue weighted by atomic mass is 9.93. The summed E-state index contributed by atoms with van der Waals surface area (Å²) in [5, 5.41) is 13.2. The summed E-state index contributed by atoms with van der Waals surface area (Å²) in [6.45, 7) is 3.02. The summed E-state index contributed by atoms with van der Waals surface area (Å²) in [7, 11) is 0. The molecule has 0 radical (unpaired) electrons. The molecule has 4 heteroatoms. The van der Waals surface area contributed by atoms with Gasteiger partial charge in [-0.1, -0.05) is 41.1 Å². The Balaban J connectivity index is 1.96. The van der Waals surface area contributed by atoms with E-state index in [1.54, 1.807) is 12.1 Å². The molecule has 21 heavy (non-hydrogen) atoms. The van der Waals surface area contributed by atoms with Crippen LogP contribution in [0.5, 0.6) is 11.5 Å². The number of nitrogens with one attached hydrogen (secondary N) is 1. The van der Waals surface area contributed by atoms with E-state index in [1.807, 2.05) is 24.3 Å². The van der Waals surface area contributed by atoms with Gasteiger partial charge >= 0.3 is 0 Å². The highest BCUT2D eigenvalue weighted by atomic mass is 79.9. The van der Waals surface area contributed by atoms with E-state index in [1.165, 1.54) is 5.56 Å². The molecule has 1 aliphatic heterocycles. The molecule has 0 aliphatic carbocycles. The highest BCUT2D eigenvalue weighted by Gasteiger charge is 2.29. The Morgan fingerprint density at radius 2 is 2.14 bits per heavy atom. The molecule has 0 aromatic heterocycles. The van der Waals surface area contributed by atoms with Crippen LogP contribution < -0.4 is 10.1 Å². The van der Waals surface area contributed by atoms with Crippen LogP contribution in [0.25, 0.3) is 0 Å². The highest BCUT2D eigenvalue weighted by molar-refractivity contribution is 9.10. The molecule has 2 atom stereocenters. The summed E-state index contributed by atoms with van der Waals surface area (Å²) < 4.78 is 7.16. The molecule has 0 saturated carbocycles. The van der Waals surface area contributed by atoms with Crippen LogP contribution in [0.3, 0.4) is 0 Å². The predicted octanol–water partition coefficient (Wildman–Crippen LogP) is 4.33. The zero-order valence-electron chi connectivity index (χ0n) is 11.8. The van der Waals surface area contributed by atoms with E-state index in [0.29, 0.717) is 0 Å². The standard InChI is InChI=1S/C17H18BrNO2/c1-2-19-15-10-16(11-4-3-5-13(20)8-11)21-17-9-12(18)6-7-14(15)17/h3-9,15-16,19-20H,2,10H2,1H3. The summed E-state index contributed by atoms with van der Waals surface area (Å²) in [4.78, 5) is 0. The summed E-state index contributed by atoms with van der Waals surface area (Å²) in [5.74, 6) is 1.17. The van der Waals surface area contributed by atoms with E-state index in [-0.39, 0.29) is 17.9 Å². The second-order valence-corrected chi connectivity index (χ2v) is 6.15. The molecule has 110 valence electrons. The topological polar surface area (TPSA) is 41.5 Å². The van der Waals surface area contributed by atoms with Crippen molar-refractivity contribution < 1.29 is 9.84 Å². The first-order chi connectivity index (χ1) is 10.2. The van der Waals surface area contributed by atoms with Crippen LogP contribution in [0, 0.1) is 0 Å². The average molecular weight is 348 g/mol. The van der Waals surface area contributed by atoms with Gasteiger partial charge in [0.05, 0.1) is 0 Å². The van der Waals surface area contributed by atoms with Gasteiger partial charge in [0.15, 0.2) is 0 Å². The number of phenols is 1. The van der Waals surface area contributed by atoms with Gasteiger partial charge in [-0.15, -0.1) is 0 Å². The first-order valence-corrected chi connectivity index (χ1v) is 7.95. The minimum absolute atomic E-state index is 0.0528. The number of rotatable bonds is 3. The number of benzene rings is 2. The van der Waals surface area contributed by atoms with Crippen LogP contribution in [0.1, 0.15) is 36.6 Å². The zero-order chi connectivity index (χ0) is 14.8. The summed E-state index contributed by atoms with van der Waals surface area (Å²) in [6, 6.07) is 13.7. The first-order valence-electron chi connectivity index (χ1n) is 7.15. The van der Waals surface area contributed by atoms with Crippen LogP contribution in [-0.4, -0.2) is 11.7 Å². The van der Waals surface area contributed by atoms with Crippen molar-refractivity contribution in [3.05, 3.63) is 58.1 Å². The maximum Gasteiger partial charge on any atom is 0.126 e. The van der Waals surface area contributed by atoms with Gasteiger partial charge in [0.1, 0.15) is 17.6 Å². The molecule has 1 aliphatic rings. The molecule has 2 N–H and O–H groups in total. The van der Waals surface area contributed by atoms with Crippen molar-refractivity contribution in [3.8, 4) is 11.5 Å². The number of aromatic hydroxyl groups is 1. The predicted molar refractivity (Wildman–Crippen MR) is 86.7 cm³/mol. The Morgan fingerprint density at radius 3 is 2.90 bits per heavy atom. The minimum atomic E-state index is -0.0528. The number of phenolic OH excluding ortho intramolecular Hbond substituents is 1. The van der Waals surface area contributed by atoms with Crippen LogP contribution in [0.2, 0.25) is 0 Å². The third kappa shape index (κ3) is 3.06. The van der Waals surface area contributed by atoms with E-state index in [2.05, 4.69) is 34.2 Å². The second-order valence-electron chi connectivity index (χ2n) is 5.23. The number of fused-ring (bicyclic) bond motifs is 1. The fourth-order valence-electron chi connectivity index (χ4n) is 2.81. The largest absolute Gasteiger partial charge is 0.508 e. The quantitative estimate of drug-likeness (QED) is 0.868. The molecule has 2 aromatic rings. The molecule has 0 spiro atoms. The normalized spacial score (nSPS) is 20.7. The fourth-order valence-corrected chi connectivity index (χ4v) is 3.15. The van der Waals surface area contributed by atoms with Gasteiger partial charge < -0.3 is 15.2 Å². The molecule has 0 amide bonds. The van der Waals surface area contributed by atoms with Gasteiger partial charge in [0.25, 0.3) is 0 Å². The minimum Gasteiger partial charge on any atom is -0.508 e. The first kappa shape index (κ1) is 14.4. The van der Waals surface area contributed by atoms with Crippen LogP contribution >= 0.6 is 15.9 Å². The van der Waals surface area contributed by atoms with E-state index < -0.39 is 0 Å². The van der Waals surface area contributed by atoms with Gasteiger partial charge in [-0.05, 0) is 36.4 Å². The fraction of sp³-hybridized carbons (Fsp3) is 0.294. The molecule has 3 rings (SSSR count). The van der Waals surface area contributed by atoms with E-state index in [4.69, 9.17) is 4.74 Å². The number of halogens is 1. The van der Waals surface area contributed by atoms with E-state index in [0.717, 1.165) is 28.8 Å². The van der Waals surface area contributed by atoms with Crippen molar-refractivity contribution in [2.24, 2.45) is 0 Å². The number of hydrogen-bond acceptors (Lipinski definition) is 3. The van der Waals surface area contributed by atoms with Gasteiger partial charge in [0, 0.05) is 22.5 Å². The molecule has 3 nitrogen and oxygen atoms in total.